The normalized spacial score (nSPS) is 45.3. The number of fused-ring (bicyclic) bond motifs is 7. The third-order valence-corrected chi connectivity index (χ3v) is 11.3. The number of aromatic hydroxyl groups is 1. The second-order valence-electron chi connectivity index (χ2n) is 12.8. The molecule has 3 fully saturated rings. The van der Waals surface area contributed by atoms with Crippen molar-refractivity contribution in [2.45, 2.75) is 98.0 Å². The molecule has 3 saturated carbocycles. The highest BCUT2D eigenvalue weighted by molar-refractivity contribution is 5.59. The summed E-state index contributed by atoms with van der Waals surface area (Å²) in [5, 5.41) is 21.9. The van der Waals surface area contributed by atoms with Crippen molar-refractivity contribution in [3.05, 3.63) is 22.8 Å². The smallest absolute Gasteiger partial charge is 0.125 e. The van der Waals surface area contributed by atoms with Gasteiger partial charge in [0.05, 0.1) is 13.2 Å². The maximum absolute atomic E-state index is 11.1. The lowest BCUT2D eigenvalue weighted by molar-refractivity contribution is -0.201. The van der Waals surface area contributed by atoms with Gasteiger partial charge in [0.25, 0.3) is 0 Å². The van der Waals surface area contributed by atoms with Gasteiger partial charge in [0.1, 0.15) is 11.5 Å². The second kappa shape index (κ2) is 6.43. The molecule has 2 N–H and O–H groups in total. The number of rotatable bonds is 1. The Hall–Kier alpha value is -1.22. The Bertz CT molecular complexity index is 919. The summed E-state index contributed by atoms with van der Waals surface area (Å²) in [7, 11) is 1.77. The lowest BCUT2D eigenvalue weighted by Gasteiger charge is -2.68. The molecule has 1 aromatic rings. The molecule has 0 heterocycles. The van der Waals surface area contributed by atoms with Crippen LogP contribution in [0.2, 0.25) is 0 Å². The molecule has 3 unspecified atom stereocenters. The molecule has 0 aromatic heterocycles. The quantitative estimate of drug-likeness (QED) is 0.566. The van der Waals surface area contributed by atoms with E-state index in [0.717, 1.165) is 37.0 Å². The predicted molar refractivity (Wildman–Crippen MR) is 125 cm³/mol. The van der Waals surface area contributed by atoms with Gasteiger partial charge in [-0.15, -0.1) is 0 Å². The number of ether oxygens (including phenoxy) is 1. The van der Waals surface area contributed by atoms with Gasteiger partial charge in [-0.25, -0.2) is 0 Å². The first-order valence-corrected chi connectivity index (χ1v) is 12.5. The van der Waals surface area contributed by atoms with Crippen molar-refractivity contribution in [2.75, 3.05) is 7.11 Å². The Balaban J connectivity index is 1.60. The van der Waals surface area contributed by atoms with E-state index in [2.05, 4.69) is 41.5 Å². The van der Waals surface area contributed by atoms with Crippen LogP contribution in [0.4, 0.5) is 0 Å². The van der Waals surface area contributed by atoms with E-state index in [4.69, 9.17) is 4.74 Å². The molecule has 0 saturated heterocycles. The summed E-state index contributed by atoms with van der Waals surface area (Å²) in [5.74, 6) is 3.25. The van der Waals surface area contributed by atoms with E-state index in [1.807, 2.05) is 6.07 Å². The van der Waals surface area contributed by atoms with Gasteiger partial charge in [0.15, 0.2) is 0 Å². The molecule has 3 heteroatoms. The van der Waals surface area contributed by atoms with Crippen LogP contribution in [0.1, 0.15) is 89.8 Å². The van der Waals surface area contributed by atoms with Gasteiger partial charge in [-0.05, 0) is 97.5 Å². The molecule has 7 atom stereocenters. The van der Waals surface area contributed by atoms with Crippen molar-refractivity contribution >= 4 is 0 Å². The largest absolute Gasteiger partial charge is 0.508 e. The molecule has 4 aliphatic carbocycles. The second-order valence-corrected chi connectivity index (χ2v) is 12.8. The first-order chi connectivity index (χ1) is 14.4. The van der Waals surface area contributed by atoms with Crippen LogP contribution in [0.5, 0.6) is 11.5 Å². The fraction of sp³-hybridized carbons (Fsp3) is 0.786. The first-order valence-electron chi connectivity index (χ1n) is 12.5. The van der Waals surface area contributed by atoms with Gasteiger partial charge in [-0.2, -0.15) is 0 Å². The molecule has 0 radical (unpaired) electrons. The van der Waals surface area contributed by atoms with E-state index in [0.29, 0.717) is 23.5 Å². The summed E-state index contributed by atoms with van der Waals surface area (Å²) in [6, 6.07) is 1.92. The van der Waals surface area contributed by atoms with Gasteiger partial charge in [0, 0.05) is 16.5 Å². The Morgan fingerprint density at radius 1 is 0.903 bits per heavy atom. The molecule has 31 heavy (non-hydrogen) atoms. The van der Waals surface area contributed by atoms with E-state index < -0.39 is 0 Å². The highest BCUT2D eigenvalue weighted by atomic mass is 16.5. The van der Waals surface area contributed by atoms with Crippen molar-refractivity contribution in [3.8, 4) is 11.5 Å². The van der Waals surface area contributed by atoms with Crippen molar-refractivity contribution in [2.24, 2.45) is 34.0 Å². The molecule has 1 aromatic carbocycles. The maximum Gasteiger partial charge on any atom is 0.125 e. The first kappa shape index (κ1) is 21.6. The highest BCUT2D eigenvalue weighted by Crippen LogP contribution is 2.73. The number of hydrogen-bond donors (Lipinski definition) is 2. The molecule has 0 amide bonds. The van der Waals surface area contributed by atoms with Gasteiger partial charge < -0.3 is 14.9 Å². The maximum atomic E-state index is 11.1. The zero-order valence-corrected chi connectivity index (χ0v) is 20.6. The van der Waals surface area contributed by atoms with Gasteiger partial charge in [-0.1, -0.05) is 34.6 Å². The lowest BCUT2D eigenvalue weighted by atomic mass is 9.37. The number of aryl methyl sites for hydroxylation is 1. The third kappa shape index (κ3) is 2.50. The van der Waals surface area contributed by atoms with Crippen LogP contribution < -0.4 is 4.74 Å². The summed E-state index contributed by atoms with van der Waals surface area (Å²) in [6.07, 6.45) is 7.71. The van der Waals surface area contributed by atoms with Crippen LogP contribution in [0.3, 0.4) is 0 Å². The Kier molecular flexibility index (Phi) is 4.48. The lowest BCUT2D eigenvalue weighted by Crippen LogP contribution is -2.63. The fourth-order valence-electron chi connectivity index (χ4n) is 9.93. The van der Waals surface area contributed by atoms with Crippen molar-refractivity contribution in [3.63, 3.8) is 0 Å². The van der Waals surface area contributed by atoms with E-state index in [1.54, 1.807) is 7.11 Å². The zero-order valence-electron chi connectivity index (χ0n) is 20.6. The van der Waals surface area contributed by atoms with Crippen molar-refractivity contribution in [1.29, 1.82) is 0 Å². The van der Waals surface area contributed by atoms with Gasteiger partial charge in [0.2, 0.25) is 0 Å². The standard InChI is InChI=1S/C28H42O3/c1-16-14-18(29)23-17(24(16)31-7)15-21-27(5)11-8-19-25(2,3)22(30)10-13-26(19,4)20(27)9-12-28(21,23)6/h14,19-22,29-30H,8-13,15H2,1-7H3/t19-,20?,21-,22?,26+,27-,28?/m0/s1. The van der Waals surface area contributed by atoms with Crippen LogP contribution >= 0.6 is 0 Å². The van der Waals surface area contributed by atoms with E-state index in [1.165, 1.54) is 30.4 Å². The number of methoxy groups -OCH3 is 1. The van der Waals surface area contributed by atoms with Crippen LogP contribution in [0.25, 0.3) is 0 Å². The predicted octanol–water partition coefficient (Wildman–Crippen LogP) is 6.15. The third-order valence-electron chi connectivity index (χ3n) is 11.3. The number of hydrogen-bond acceptors (Lipinski definition) is 3. The minimum atomic E-state index is -0.177. The molecule has 4 aliphatic rings. The average Bonchev–Trinajstić information content (AvgIpc) is 3.00. The van der Waals surface area contributed by atoms with Crippen LogP contribution in [-0.4, -0.2) is 23.4 Å². The minimum absolute atomic E-state index is 0.00762. The van der Waals surface area contributed by atoms with E-state index in [-0.39, 0.29) is 27.8 Å². The molecule has 3 nitrogen and oxygen atoms in total. The summed E-state index contributed by atoms with van der Waals surface area (Å²) >= 11 is 0. The van der Waals surface area contributed by atoms with Crippen LogP contribution in [0, 0.1) is 40.9 Å². The number of phenolic OH excluding ortho intramolecular Hbond substituents is 1. The number of phenols is 1. The highest BCUT2D eigenvalue weighted by Gasteiger charge is 2.67. The number of aliphatic hydroxyl groups is 1. The van der Waals surface area contributed by atoms with Crippen molar-refractivity contribution in [1.82, 2.24) is 0 Å². The average molecular weight is 427 g/mol. The summed E-state index contributed by atoms with van der Waals surface area (Å²) in [6.45, 7) is 14.2. The topological polar surface area (TPSA) is 49.7 Å². The monoisotopic (exact) mass is 426 g/mol. The molecule has 172 valence electrons. The minimum Gasteiger partial charge on any atom is -0.508 e. The molecule has 0 bridgehead atoms. The summed E-state index contributed by atoms with van der Waals surface area (Å²) < 4.78 is 5.87. The molecule has 0 aliphatic heterocycles. The Labute approximate surface area is 188 Å². The Morgan fingerprint density at radius 2 is 1.52 bits per heavy atom. The van der Waals surface area contributed by atoms with Crippen LogP contribution in [0.15, 0.2) is 6.07 Å². The molecule has 0 spiro atoms. The van der Waals surface area contributed by atoms with Crippen molar-refractivity contribution < 1.29 is 14.9 Å². The SMILES string of the molecule is COc1c(C)cc(O)c2c1C[C@@H]1C2(C)CCC2[C@]1(C)CC[C@H]1C(C)(C)C(O)CC[C@@]21C. The van der Waals surface area contributed by atoms with E-state index >= 15 is 0 Å². The van der Waals surface area contributed by atoms with Gasteiger partial charge >= 0.3 is 0 Å². The van der Waals surface area contributed by atoms with Gasteiger partial charge in [-0.3, -0.25) is 0 Å². The number of benzene rings is 1. The number of aliphatic hydroxyl groups excluding tert-OH is 1. The molecule has 5 rings (SSSR count). The molecular formula is C28H42O3. The summed E-state index contributed by atoms with van der Waals surface area (Å²) in [4.78, 5) is 0. The fourth-order valence-corrected chi connectivity index (χ4v) is 9.93. The zero-order chi connectivity index (χ0) is 22.6. The molecular weight excluding hydrogens is 384 g/mol. The Morgan fingerprint density at radius 3 is 2.19 bits per heavy atom. The van der Waals surface area contributed by atoms with Crippen LogP contribution in [-0.2, 0) is 11.8 Å². The summed E-state index contributed by atoms with van der Waals surface area (Å²) in [5.41, 5.74) is 4.02. The van der Waals surface area contributed by atoms with E-state index in [9.17, 15) is 10.2 Å².